The molecule has 1 heterocycles. The molecule has 98 valence electrons. The first-order chi connectivity index (χ1) is 7.71. The van der Waals surface area contributed by atoms with Crippen LogP contribution in [0.3, 0.4) is 0 Å². The van der Waals surface area contributed by atoms with Crippen LogP contribution in [0.4, 0.5) is 4.79 Å². The summed E-state index contributed by atoms with van der Waals surface area (Å²) in [6.07, 6.45) is -0.0513. The summed E-state index contributed by atoms with van der Waals surface area (Å²) < 4.78 is 5.67. The molecule has 0 aromatic rings. The van der Waals surface area contributed by atoms with Crippen LogP contribution in [-0.2, 0) is 9.53 Å². The van der Waals surface area contributed by atoms with Crippen LogP contribution in [0.2, 0.25) is 0 Å². The highest BCUT2D eigenvalue weighted by atomic mass is 16.5. The van der Waals surface area contributed by atoms with Gasteiger partial charge in [-0.2, -0.15) is 0 Å². The third-order valence-electron chi connectivity index (χ3n) is 2.57. The Kier molecular flexibility index (Phi) is 3.98. The molecule has 0 radical (unpaired) electrons. The van der Waals surface area contributed by atoms with Crippen molar-refractivity contribution in [2.75, 3.05) is 13.1 Å². The van der Waals surface area contributed by atoms with Crippen molar-refractivity contribution >= 4 is 12.0 Å². The fourth-order valence-corrected chi connectivity index (χ4v) is 1.95. The maximum absolute atomic E-state index is 11.8. The van der Waals surface area contributed by atoms with Crippen LogP contribution in [0.25, 0.3) is 0 Å². The lowest BCUT2D eigenvalue weighted by Crippen LogP contribution is -2.57. The van der Waals surface area contributed by atoms with Gasteiger partial charge in [0.2, 0.25) is 0 Å². The van der Waals surface area contributed by atoms with E-state index in [1.165, 1.54) is 6.92 Å². The van der Waals surface area contributed by atoms with Crippen molar-refractivity contribution < 1.29 is 19.4 Å². The molecule has 0 spiro atoms. The van der Waals surface area contributed by atoms with Crippen molar-refractivity contribution in [2.45, 2.75) is 45.4 Å². The highest BCUT2D eigenvalue weighted by Gasteiger charge is 2.34. The zero-order valence-electron chi connectivity index (χ0n) is 10.7. The Morgan fingerprint density at radius 3 is 2.59 bits per heavy atom. The van der Waals surface area contributed by atoms with E-state index >= 15 is 0 Å². The molecule has 2 atom stereocenters. The summed E-state index contributed by atoms with van der Waals surface area (Å²) in [5, 5.41) is 11.2. The van der Waals surface area contributed by atoms with Gasteiger partial charge in [-0.1, -0.05) is 0 Å². The number of nitrogens with zero attached hydrogens (tertiary/aromatic N) is 1. The number of aliphatic carboxylic acids is 1. The molecule has 1 saturated heterocycles. The van der Waals surface area contributed by atoms with Gasteiger partial charge >= 0.3 is 12.0 Å². The van der Waals surface area contributed by atoms with Gasteiger partial charge in [0, 0.05) is 6.54 Å². The molecular formula is C11H20N2O4. The van der Waals surface area contributed by atoms with Gasteiger partial charge in [-0.15, -0.1) is 0 Å². The van der Waals surface area contributed by atoms with Crippen LogP contribution in [0.1, 0.15) is 27.7 Å². The molecule has 1 rings (SSSR count). The van der Waals surface area contributed by atoms with Gasteiger partial charge in [-0.05, 0) is 27.7 Å². The van der Waals surface area contributed by atoms with Crippen molar-refractivity contribution in [2.24, 2.45) is 0 Å². The van der Waals surface area contributed by atoms with Gasteiger partial charge in [0.1, 0.15) is 6.04 Å². The maximum atomic E-state index is 11.8. The smallest absolute Gasteiger partial charge is 0.325 e. The highest BCUT2D eigenvalue weighted by molar-refractivity contribution is 5.82. The number of amides is 2. The third-order valence-corrected chi connectivity index (χ3v) is 2.57. The Morgan fingerprint density at radius 2 is 2.12 bits per heavy atom. The molecule has 1 fully saturated rings. The number of hydrogen-bond acceptors (Lipinski definition) is 3. The minimum Gasteiger partial charge on any atom is -0.480 e. The number of carbonyl (C=O) groups excluding carboxylic acids is 1. The Bertz CT molecular complexity index is 317. The number of nitrogens with one attached hydrogen (secondary N) is 1. The number of carbonyl (C=O) groups is 2. The Labute approximate surface area is 101 Å². The number of carboxylic acids is 1. The topological polar surface area (TPSA) is 78.9 Å². The summed E-state index contributed by atoms with van der Waals surface area (Å²) in [6.45, 7) is 8.07. The minimum absolute atomic E-state index is 0.0513. The van der Waals surface area contributed by atoms with E-state index in [2.05, 4.69) is 5.32 Å². The normalized spacial score (nSPS) is 25.2. The van der Waals surface area contributed by atoms with Crippen LogP contribution in [0, 0.1) is 0 Å². The van der Waals surface area contributed by atoms with E-state index in [4.69, 9.17) is 9.84 Å². The van der Waals surface area contributed by atoms with Crippen molar-refractivity contribution in [3.05, 3.63) is 0 Å². The van der Waals surface area contributed by atoms with Crippen molar-refractivity contribution in [3.8, 4) is 0 Å². The van der Waals surface area contributed by atoms with E-state index in [0.29, 0.717) is 13.1 Å². The zero-order chi connectivity index (χ0) is 13.2. The molecule has 0 aromatic heterocycles. The van der Waals surface area contributed by atoms with Crippen LogP contribution >= 0.6 is 0 Å². The number of hydrogen-bond donors (Lipinski definition) is 2. The first-order valence-electron chi connectivity index (χ1n) is 5.67. The number of morpholine rings is 1. The molecule has 6 heteroatoms. The van der Waals surface area contributed by atoms with Gasteiger partial charge in [0.05, 0.1) is 18.2 Å². The monoisotopic (exact) mass is 244 g/mol. The first-order valence-corrected chi connectivity index (χ1v) is 5.67. The molecule has 6 nitrogen and oxygen atoms in total. The van der Waals surface area contributed by atoms with Gasteiger partial charge in [-0.3, -0.25) is 4.79 Å². The van der Waals surface area contributed by atoms with Gasteiger partial charge in [0.15, 0.2) is 0 Å². The van der Waals surface area contributed by atoms with E-state index in [9.17, 15) is 9.59 Å². The Hall–Kier alpha value is -1.30. The standard InChI is InChI=1S/C11H20N2O4/c1-7-5-13(6-11(3,4)17-7)10(16)12-8(2)9(14)15/h7-8H,5-6H2,1-4H3,(H,12,16)(H,14,15). The van der Waals surface area contributed by atoms with Crippen molar-refractivity contribution in [1.82, 2.24) is 10.2 Å². The lowest BCUT2D eigenvalue weighted by atomic mass is 10.1. The zero-order valence-corrected chi connectivity index (χ0v) is 10.7. The predicted molar refractivity (Wildman–Crippen MR) is 61.8 cm³/mol. The van der Waals surface area contributed by atoms with Crippen molar-refractivity contribution in [1.29, 1.82) is 0 Å². The van der Waals surface area contributed by atoms with Gasteiger partial charge in [0.25, 0.3) is 0 Å². The van der Waals surface area contributed by atoms with E-state index in [0.717, 1.165) is 0 Å². The second-order valence-electron chi connectivity index (χ2n) is 5.08. The van der Waals surface area contributed by atoms with E-state index in [1.54, 1.807) is 4.90 Å². The number of carboxylic acid groups (broad SMARTS) is 1. The first kappa shape index (κ1) is 13.8. The number of rotatable bonds is 2. The molecular weight excluding hydrogens is 224 g/mol. The van der Waals surface area contributed by atoms with Gasteiger partial charge in [-0.25, -0.2) is 4.79 Å². The molecule has 2 unspecified atom stereocenters. The Morgan fingerprint density at radius 1 is 1.53 bits per heavy atom. The minimum atomic E-state index is -1.04. The van der Waals surface area contributed by atoms with Crippen LogP contribution < -0.4 is 5.32 Å². The molecule has 0 bridgehead atoms. The lowest BCUT2D eigenvalue weighted by Gasteiger charge is -2.41. The summed E-state index contributed by atoms with van der Waals surface area (Å²) in [5.74, 6) is -1.04. The molecule has 1 aliphatic heterocycles. The number of ether oxygens (including phenoxy) is 1. The molecule has 2 N–H and O–H groups in total. The summed E-state index contributed by atoms with van der Waals surface area (Å²) in [7, 11) is 0. The van der Waals surface area contributed by atoms with Gasteiger partial charge < -0.3 is 20.1 Å². The number of urea groups is 1. The molecule has 2 amide bonds. The molecule has 1 aliphatic rings. The predicted octanol–water partition coefficient (Wildman–Crippen LogP) is 0.668. The molecule has 17 heavy (non-hydrogen) atoms. The quantitative estimate of drug-likeness (QED) is 0.748. The van der Waals surface area contributed by atoms with E-state index < -0.39 is 17.6 Å². The second kappa shape index (κ2) is 4.91. The summed E-state index contributed by atoms with van der Waals surface area (Å²) in [5.41, 5.74) is -0.401. The average Bonchev–Trinajstić information content (AvgIpc) is 2.13. The highest BCUT2D eigenvalue weighted by Crippen LogP contribution is 2.20. The van der Waals surface area contributed by atoms with E-state index in [-0.39, 0.29) is 12.1 Å². The SMILES string of the molecule is CC1CN(C(=O)NC(C)C(=O)O)CC(C)(C)O1. The summed E-state index contributed by atoms with van der Waals surface area (Å²) in [6, 6.07) is -1.24. The summed E-state index contributed by atoms with van der Waals surface area (Å²) >= 11 is 0. The molecule has 0 aliphatic carbocycles. The molecule has 0 aromatic carbocycles. The fraction of sp³-hybridized carbons (Fsp3) is 0.818. The average molecular weight is 244 g/mol. The molecule has 0 saturated carbocycles. The maximum Gasteiger partial charge on any atom is 0.325 e. The van der Waals surface area contributed by atoms with Crippen LogP contribution in [0.15, 0.2) is 0 Å². The van der Waals surface area contributed by atoms with Crippen LogP contribution in [-0.4, -0.2) is 52.8 Å². The van der Waals surface area contributed by atoms with E-state index in [1.807, 2.05) is 20.8 Å². The lowest BCUT2D eigenvalue weighted by molar-refractivity contribution is -0.139. The van der Waals surface area contributed by atoms with Crippen molar-refractivity contribution in [3.63, 3.8) is 0 Å². The Balaban J connectivity index is 2.60. The second-order valence-corrected chi connectivity index (χ2v) is 5.08. The third kappa shape index (κ3) is 3.89. The van der Waals surface area contributed by atoms with Crippen LogP contribution in [0.5, 0.6) is 0 Å². The largest absolute Gasteiger partial charge is 0.480 e. The fourth-order valence-electron chi connectivity index (χ4n) is 1.95. The summed E-state index contributed by atoms with van der Waals surface area (Å²) in [4.78, 5) is 24.1.